The SMILES string of the molecule is CN=C(N)NCc1cccnc1OCCOC.I. The standard InChI is InChI=1S/C11H18N4O2.HI/c1-13-11(12)15-8-9-4-3-5-14-10(9)17-7-6-16-2;/h3-5H,6-8H2,1-2H3,(H3,12,13,15);1H. The van der Waals surface area contributed by atoms with Crippen molar-refractivity contribution in [3.05, 3.63) is 23.9 Å². The third kappa shape index (κ3) is 6.01. The summed E-state index contributed by atoms with van der Waals surface area (Å²) in [5, 5.41) is 2.96. The van der Waals surface area contributed by atoms with Crippen LogP contribution in [0.5, 0.6) is 5.88 Å². The first-order chi connectivity index (χ1) is 8.27. The number of guanidine groups is 1. The molecule has 0 saturated carbocycles. The number of hydrogen-bond acceptors (Lipinski definition) is 4. The number of aliphatic imine (C=N–C) groups is 1. The average molecular weight is 366 g/mol. The second-order valence-corrected chi connectivity index (χ2v) is 3.27. The molecule has 1 rings (SSSR count). The molecule has 0 bridgehead atoms. The quantitative estimate of drug-likeness (QED) is 0.336. The zero-order valence-corrected chi connectivity index (χ0v) is 12.9. The molecule has 0 aliphatic heterocycles. The van der Waals surface area contributed by atoms with Crippen molar-refractivity contribution in [2.45, 2.75) is 6.54 Å². The highest BCUT2D eigenvalue weighted by Crippen LogP contribution is 2.13. The average Bonchev–Trinajstić information content (AvgIpc) is 2.37. The molecule has 0 saturated heterocycles. The van der Waals surface area contributed by atoms with Crippen LogP contribution in [-0.4, -0.2) is 38.3 Å². The van der Waals surface area contributed by atoms with Crippen LogP contribution in [0.25, 0.3) is 0 Å². The summed E-state index contributed by atoms with van der Waals surface area (Å²) in [7, 11) is 3.25. The van der Waals surface area contributed by atoms with E-state index in [2.05, 4.69) is 15.3 Å². The van der Waals surface area contributed by atoms with Gasteiger partial charge >= 0.3 is 0 Å². The topological polar surface area (TPSA) is 81.8 Å². The van der Waals surface area contributed by atoms with Crippen LogP contribution >= 0.6 is 24.0 Å². The van der Waals surface area contributed by atoms with Crippen LogP contribution in [0.2, 0.25) is 0 Å². The fraction of sp³-hybridized carbons (Fsp3) is 0.455. The largest absolute Gasteiger partial charge is 0.475 e. The van der Waals surface area contributed by atoms with E-state index in [0.717, 1.165) is 5.56 Å². The lowest BCUT2D eigenvalue weighted by molar-refractivity contribution is 0.143. The molecular formula is C11H19IN4O2. The van der Waals surface area contributed by atoms with E-state index < -0.39 is 0 Å². The number of nitrogens with two attached hydrogens (primary N) is 1. The first-order valence-corrected chi connectivity index (χ1v) is 5.29. The van der Waals surface area contributed by atoms with E-state index in [1.165, 1.54) is 0 Å². The molecule has 3 N–H and O–H groups in total. The van der Waals surface area contributed by atoms with Crippen LogP contribution in [0.3, 0.4) is 0 Å². The van der Waals surface area contributed by atoms with E-state index >= 15 is 0 Å². The van der Waals surface area contributed by atoms with Crippen LogP contribution in [0.15, 0.2) is 23.3 Å². The Morgan fingerprint density at radius 1 is 1.50 bits per heavy atom. The summed E-state index contributed by atoms with van der Waals surface area (Å²) in [5.41, 5.74) is 6.48. The molecule has 102 valence electrons. The number of hydrogen-bond donors (Lipinski definition) is 2. The molecule has 0 aromatic carbocycles. The molecule has 0 aliphatic carbocycles. The van der Waals surface area contributed by atoms with Crippen molar-refractivity contribution in [3.63, 3.8) is 0 Å². The number of nitrogens with zero attached hydrogens (tertiary/aromatic N) is 2. The Balaban J connectivity index is 0.00000289. The van der Waals surface area contributed by atoms with Crippen molar-refractivity contribution in [1.82, 2.24) is 10.3 Å². The van der Waals surface area contributed by atoms with Crippen molar-refractivity contribution >= 4 is 29.9 Å². The van der Waals surface area contributed by atoms with Gasteiger partial charge in [0.25, 0.3) is 0 Å². The minimum atomic E-state index is 0. The minimum Gasteiger partial charge on any atom is -0.475 e. The maximum absolute atomic E-state index is 5.55. The number of methoxy groups -OCH3 is 1. The predicted octanol–water partition coefficient (Wildman–Crippen LogP) is 0.759. The van der Waals surface area contributed by atoms with Gasteiger partial charge < -0.3 is 20.5 Å². The van der Waals surface area contributed by atoms with Crippen molar-refractivity contribution in [1.29, 1.82) is 0 Å². The van der Waals surface area contributed by atoms with Crippen LogP contribution in [0.4, 0.5) is 0 Å². The minimum absolute atomic E-state index is 0. The van der Waals surface area contributed by atoms with Crippen molar-refractivity contribution in [3.8, 4) is 5.88 Å². The Labute approximate surface area is 124 Å². The maximum atomic E-state index is 5.55. The van der Waals surface area contributed by atoms with Gasteiger partial charge in [-0.25, -0.2) is 4.98 Å². The number of rotatable bonds is 6. The van der Waals surface area contributed by atoms with E-state index in [9.17, 15) is 0 Å². The van der Waals surface area contributed by atoms with E-state index in [4.69, 9.17) is 15.2 Å². The van der Waals surface area contributed by atoms with Crippen molar-refractivity contribution in [2.75, 3.05) is 27.4 Å². The lowest BCUT2D eigenvalue weighted by Crippen LogP contribution is -2.31. The zero-order chi connectivity index (χ0) is 12.5. The smallest absolute Gasteiger partial charge is 0.218 e. The van der Waals surface area contributed by atoms with Crippen molar-refractivity contribution < 1.29 is 9.47 Å². The van der Waals surface area contributed by atoms with Gasteiger partial charge in [0.2, 0.25) is 5.88 Å². The fourth-order valence-electron chi connectivity index (χ4n) is 1.18. The molecule has 0 radical (unpaired) electrons. The Kier molecular flexibility index (Phi) is 9.29. The summed E-state index contributed by atoms with van der Waals surface area (Å²) >= 11 is 0. The molecule has 0 atom stereocenters. The van der Waals surface area contributed by atoms with E-state index in [0.29, 0.717) is 31.6 Å². The molecule has 0 amide bonds. The van der Waals surface area contributed by atoms with Gasteiger partial charge in [0, 0.05) is 32.5 Å². The summed E-state index contributed by atoms with van der Waals surface area (Å²) in [6.45, 7) is 1.53. The maximum Gasteiger partial charge on any atom is 0.218 e. The van der Waals surface area contributed by atoms with Gasteiger partial charge in [-0.3, -0.25) is 4.99 Å². The molecule has 1 aromatic heterocycles. The fourth-order valence-corrected chi connectivity index (χ4v) is 1.18. The van der Waals surface area contributed by atoms with Gasteiger partial charge in [0.15, 0.2) is 5.96 Å². The molecule has 6 nitrogen and oxygen atoms in total. The Morgan fingerprint density at radius 3 is 2.94 bits per heavy atom. The summed E-state index contributed by atoms with van der Waals surface area (Å²) in [4.78, 5) is 7.97. The second kappa shape index (κ2) is 9.89. The van der Waals surface area contributed by atoms with Gasteiger partial charge in [-0.2, -0.15) is 0 Å². The molecule has 0 aliphatic rings. The lowest BCUT2D eigenvalue weighted by atomic mass is 10.2. The second-order valence-electron chi connectivity index (χ2n) is 3.27. The monoisotopic (exact) mass is 366 g/mol. The van der Waals surface area contributed by atoms with Crippen LogP contribution in [-0.2, 0) is 11.3 Å². The summed E-state index contributed by atoms with van der Waals surface area (Å²) in [5.74, 6) is 0.970. The molecule has 1 aromatic rings. The third-order valence-corrected chi connectivity index (χ3v) is 2.08. The van der Waals surface area contributed by atoms with Crippen LogP contribution < -0.4 is 15.8 Å². The summed E-state index contributed by atoms with van der Waals surface area (Å²) < 4.78 is 10.4. The van der Waals surface area contributed by atoms with E-state index in [-0.39, 0.29) is 24.0 Å². The van der Waals surface area contributed by atoms with Crippen LogP contribution in [0, 0.1) is 0 Å². The lowest BCUT2D eigenvalue weighted by Gasteiger charge is -2.10. The van der Waals surface area contributed by atoms with Gasteiger partial charge in [-0.15, -0.1) is 24.0 Å². The van der Waals surface area contributed by atoms with Gasteiger partial charge in [-0.05, 0) is 6.07 Å². The molecule has 0 spiro atoms. The number of halogens is 1. The molecule has 7 heteroatoms. The normalized spacial score (nSPS) is 10.7. The molecule has 0 fully saturated rings. The van der Waals surface area contributed by atoms with Crippen molar-refractivity contribution in [2.24, 2.45) is 10.7 Å². The number of ether oxygens (including phenoxy) is 2. The molecule has 0 unspecified atom stereocenters. The number of aromatic nitrogens is 1. The number of nitrogens with one attached hydrogen (secondary N) is 1. The highest BCUT2D eigenvalue weighted by Gasteiger charge is 2.04. The highest BCUT2D eigenvalue weighted by molar-refractivity contribution is 14.0. The van der Waals surface area contributed by atoms with Gasteiger partial charge in [0.05, 0.1) is 6.61 Å². The summed E-state index contributed by atoms with van der Waals surface area (Å²) in [6, 6.07) is 3.77. The first kappa shape index (κ1) is 16.9. The van der Waals surface area contributed by atoms with Gasteiger partial charge in [-0.1, -0.05) is 6.07 Å². The Hall–Kier alpha value is -1.09. The zero-order valence-electron chi connectivity index (χ0n) is 10.5. The third-order valence-electron chi connectivity index (χ3n) is 2.08. The van der Waals surface area contributed by atoms with Gasteiger partial charge in [0.1, 0.15) is 6.61 Å². The van der Waals surface area contributed by atoms with Crippen LogP contribution in [0.1, 0.15) is 5.56 Å². The predicted molar refractivity (Wildman–Crippen MR) is 81.4 cm³/mol. The van der Waals surface area contributed by atoms with E-state index in [1.54, 1.807) is 20.4 Å². The first-order valence-electron chi connectivity index (χ1n) is 5.29. The Morgan fingerprint density at radius 2 is 2.28 bits per heavy atom. The number of pyridine rings is 1. The molecule has 18 heavy (non-hydrogen) atoms. The van der Waals surface area contributed by atoms with E-state index in [1.807, 2.05) is 12.1 Å². The Bertz CT molecular complexity index is 374. The highest BCUT2D eigenvalue weighted by atomic mass is 127. The molecule has 1 heterocycles. The summed E-state index contributed by atoms with van der Waals surface area (Å²) in [6.07, 6.45) is 1.68. The molecular weight excluding hydrogens is 347 g/mol.